The van der Waals surface area contributed by atoms with Gasteiger partial charge in [0.15, 0.2) is 0 Å². The summed E-state index contributed by atoms with van der Waals surface area (Å²) in [5.74, 6) is 5.23. The van der Waals surface area contributed by atoms with Crippen molar-refractivity contribution in [3.05, 3.63) is 58.7 Å². The van der Waals surface area contributed by atoms with Crippen molar-refractivity contribution in [2.45, 2.75) is 26.7 Å². The Kier molecular flexibility index (Phi) is 12.3. The van der Waals surface area contributed by atoms with Crippen LogP contribution >= 0.6 is 0 Å². The molecule has 0 saturated carbocycles. The molecule has 0 fully saturated rings. The summed E-state index contributed by atoms with van der Waals surface area (Å²) < 4.78 is 45.7. The molecule has 0 atom stereocenters. The Bertz CT molecular complexity index is 1220. The van der Waals surface area contributed by atoms with Crippen molar-refractivity contribution in [3.8, 4) is 46.0 Å². The molecule has 0 aromatic heterocycles. The standard InChI is InChI=1S/C34H42O8/c1-9-15-41-29-17-24(12-14-28-33(39-7)21-26(36-4)22-34(28)40-8)30(42-16-10-2)18-23(29)11-13-27-31(37-5)19-25(35-3)20-32(27)38-6/h11-14,17-22H,9-10,15-16H2,1-8H3/b13-11+,14-12+. The van der Waals surface area contributed by atoms with Crippen molar-refractivity contribution in [1.82, 2.24) is 0 Å². The van der Waals surface area contributed by atoms with E-state index in [-0.39, 0.29) is 0 Å². The van der Waals surface area contributed by atoms with E-state index < -0.39 is 0 Å². The minimum atomic E-state index is 0.564. The van der Waals surface area contributed by atoms with Gasteiger partial charge in [0, 0.05) is 35.4 Å². The molecule has 0 spiro atoms. The van der Waals surface area contributed by atoms with Gasteiger partial charge in [-0.05, 0) is 37.1 Å². The van der Waals surface area contributed by atoms with E-state index in [0.29, 0.717) is 47.7 Å². The molecule has 8 heteroatoms. The Labute approximate surface area is 249 Å². The summed E-state index contributed by atoms with van der Waals surface area (Å²) in [7, 11) is 9.68. The van der Waals surface area contributed by atoms with E-state index in [9.17, 15) is 0 Å². The van der Waals surface area contributed by atoms with Crippen LogP contribution in [0.4, 0.5) is 0 Å². The van der Waals surface area contributed by atoms with Crippen LogP contribution in [-0.2, 0) is 0 Å². The molecule has 42 heavy (non-hydrogen) atoms. The molecular formula is C34H42O8. The number of hydrogen-bond donors (Lipinski definition) is 0. The normalized spacial score (nSPS) is 11.0. The lowest BCUT2D eigenvalue weighted by molar-refractivity contribution is 0.307. The van der Waals surface area contributed by atoms with E-state index in [4.69, 9.17) is 37.9 Å². The average Bonchev–Trinajstić information content (AvgIpc) is 3.03. The fourth-order valence-electron chi connectivity index (χ4n) is 4.27. The Balaban J connectivity index is 2.14. The number of rotatable bonds is 16. The molecule has 0 aliphatic heterocycles. The fourth-order valence-corrected chi connectivity index (χ4v) is 4.27. The second-order valence-electron chi connectivity index (χ2n) is 9.18. The highest BCUT2D eigenvalue weighted by molar-refractivity contribution is 5.83. The van der Waals surface area contributed by atoms with Gasteiger partial charge in [-0.1, -0.05) is 26.0 Å². The van der Waals surface area contributed by atoms with Gasteiger partial charge in [0.2, 0.25) is 0 Å². The zero-order chi connectivity index (χ0) is 30.5. The van der Waals surface area contributed by atoms with Crippen LogP contribution in [0.2, 0.25) is 0 Å². The summed E-state index contributed by atoms with van der Waals surface area (Å²) in [6.45, 7) is 5.28. The van der Waals surface area contributed by atoms with Crippen LogP contribution in [0.25, 0.3) is 24.3 Å². The number of methoxy groups -OCH3 is 6. The van der Waals surface area contributed by atoms with Crippen molar-refractivity contribution in [1.29, 1.82) is 0 Å². The summed E-state index contributed by atoms with van der Waals surface area (Å²) in [5.41, 5.74) is 3.26. The predicted octanol–water partition coefficient (Wildman–Crippen LogP) is 7.66. The molecule has 0 aliphatic rings. The van der Waals surface area contributed by atoms with Crippen molar-refractivity contribution in [2.75, 3.05) is 55.9 Å². The quantitative estimate of drug-likeness (QED) is 0.160. The van der Waals surface area contributed by atoms with Crippen LogP contribution in [0, 0.1) is 0 Å². The molecule has 8 nitrogen and oxygen atoms in total. The summed E-state index contributed by atoms with van der Waals surface area (Å²) in [6.07, 6.45) is 9.56. The lowest BCUT2D eigenvalue weighted by Gasteiger charge is -2.16. The molecule has 3 aromatic carbocycles. The first kappa shape index (κ1) is 32.1. The maximum atomic E-state index is 6.21. The third-order valence-corrected chi connectivity index (χ3v) is 6.43. The number of benzene rings is 3. The second kappa shape index (κ2) is 16.1. The van der Waals surface area contributed by atoms with Gasteiger partial charge in [-0.25, -0.2) is 0 Å². The molecule has 226 valence electrons. The highest BCUT2D eigenvalue weighted by Gasteiger charge is 2.15. The van der Waals surface area contributed by atoms with Crippen molar-refractivity contribution >= 4 is 24.3 Å². The van der Waals surface area contributed by atoms with Gasteiger partial charge in [0.1, 0.15) is 46.0 Å². The summed E-state index contributed by atoms with van der Waals surface area (Å²) in [4.78, 5) is 0. The molecule has 0 aliphatic carbocycles. The molecule has 0 radical (unpaired) electrons. The molecule has 0 N–H and O–H groups in total. The third kappa shape index (κ3) is 7.84. The van der Waals surface area contributed by atoms with Crippen molar-refractivity contribution in [3.63, 3.8) is 0 Å². The summed E-state index contributed by atoms with van der Waals surface area (Å²) in [5, 5.41) is 0. The van der Waals surface area contributed by atoms with Crippen molar-refractivity contribution < 1.29 is 37.9 Å². The lowest BCUT2D eigenvalue weighted by atomic mass is 10.0. The molecule has 0 saturated heterocycles. The highest BCUT2D eigenvalue weighted by atomic mass is 16.5. The molecular weight excluding hydrogens is 536 g/mol. The van der Waals surface area contributed by atoms with Crippen LogP contribution in [0.3, 0.4) is 0 Å². The Morgan fingerprint density at radius 2 is 0.762 bits per heavy atom. The van der Waals surface area contributed by atoms with Crippen molar-refractivity contribution in [2.24, 2.45) is 0 Å². The summed E-state index contributed by atoms with van der Waals surface area (Å²) >= 11 is 0. The van der Waals surface area contributed by atoms with Crippen LogP contribution in [0.5, 0.6) is 46.0 Å². The van der Waals surface area contributed by atoms with E-state index in [1.54, 1.807) is 42.7 Å². The van der Waals surface area contributed by atoms with E-state index in [1.807, 2.05) is 60.7 Å². The lowest BCUT2D eigenvalue weighted by Crippen LogP contribution is -2.01. The molecule has 0 heterocycles. The number of ether oxygens (including phenoxy) is 8. The van der Waals surface area contributed by atoms with Gasteiger partial charge in [0.25, 0.3) is 0 Å². The topological polar surface area (TPSA) is 73.8 Å². The van der Waals surface area contributed by atoms with Gasteiger partial charge in [-0.15, -0.1) is 0 Å². The van der Waals surface area contributed by atoms with E-state index in [0.717, 1.165) is 46.6 Å². The zero-order valence-electron chi connectivity index (χ0n) is 25.9. The molecule has 3 rings (SSSR count). The Morgan fingerprint density at radius 3 is 1.02 bits per heavy atom. The first-order chi connectivity index (χ1) is 20.5. The summed E-state index contributed by atoms with van der Waals surface area (Å²) in [6, 6.07) is 11.3. The molecule has 0 bridgehead atoms. The fraction of sp³-hybridized carbons (Fsp3) is 0.353. The van der Waals surface area contributed by atoms with Gasteiger partial charge in [-0.2, -0.15) is 0 Å². The van der Waals surface area contributed by atoms with Gasteiger partial charge in [-0.3, -0.25) is 0 Å². The van der Waals surface area contributed by atoms with E-state index in [2.05, 4.69) is 13.8 Å². The van der Waals surface area contributed by atoms with Gasteiger partial charge >= 0.3 is 0 Å². The van der Waals surface area contributed by atoms with Crippen LogP contribution in [0.15, 0.2) is 36.4 Å². The van der Waals surface area contributed by atoms with E-state index >= 15 is 0 Å². The minimum Gasteiger partial charge on any atom is -0.496 e. The maximum Gasteiger partial charge on any atom is 0.133 e. The maximum absolute atomic E-state index is 6.21. The second-order valence-corrected chi connectivity index (χ2v) is 9.18. The predicted molar refractivity (Wildman–Crippen MR) is 168 cm³/mol. The first-order valence-corrected chi connectivity index (χ1v) is 13.9. The van der Waals surface area contributed by atoms with E-state index in [1.165, 1.54) is 0 Å². The minimum absolute atomic E-state index is 0.564. The smallest absolute Gasteiger partial charge is 0.133 e. The Hall–Kier alpha value is -4.46. The number of hydrogen-bond acceptors (Lipinski definition) is 8. The monoisotopic (exact) mass is 578 g/mol. The SMILES string of the molecule is CCCOc1cc(/C=C/c2c(OC)cc(OC)cc2OC)c(OCCC)cc1/C=C/c1c(OC)cc(OC)cc1OC. The van der Waals surface area contributed by atoms with Gasteiger partial charge < -0.3 is 37.9 Å². The average molecular weight is 579 g/mol. The molecule has 0 unspecified atom stereocenters. The highest BCUT2D eigenvalue weighted by Crippen LogP contribution is 2.39. The third-order valence-electron chi connectivity index (χ3n) is 6.43. The molecule has 0 amide bonds. The van der Waals surface area contributed by atoms with Crippen LogP contribution < -0.4 is 37.9 Å². The largest absolute Gasteiger partial charge is 0.496 e. The van der Waals surface area contributed by atoms with Gasteiger partial charge in [0.05, 0.1) is 67.0 Å². The van der Waals surface area contributed by atoms with Crippen LogP contribution in [-0.4, -0.2) is 55.9 Å². The Morgan fingerprint density at radius 1 is 0.429 bits per heavy atom. The molecule has 3 aromatic rings. The van der Waals surface area contributed by atoms with Crippen LogP contribution in [0.1, 0.15) is 48.9 Å². The zero-order valence-corrected chi connectivity index (χ0v) is 25.9. The first-order valence-electron chi connectivity index (χ1n) is 13.9.